The average molecular weight is 430 g/mol. The molecule has 2 aliphatic heterocycles. The van der Waals surface area contributed by atoms with Gasteiger partial charge in [0, 0.05) is 37.2 Å². The van der Waals surface area contributed by atoms with Gasteiger partial charge < -0.3 is 15.1 Å². The van der Waals surface area contributed by atoms with Crippen molar-refractivity contribution >= 4 is 35.8 Å². The molecule has 1 saturated carbocycles. The van der Waals surface area contributed by atoms with E-state index in [2.05, 4.69) is 5.32 Å². The molecule has 4 rings (SSSR count). The Morgan fingerprint density at radius 3 is 2.43 bits per heavy atom. The second-order valence-corrected chi connectivity index (χ2v) is 8.28. The van der Waals surface area contributed by atoms with Crippen LogP contribution in [-0.4, -0.2) is 59.9 Å². The minimum Gasteiger partial charge on any atom is -0.338 e. The van der Waals surface area contributed by atoms with E-state index in [4.69, 9.17) is 11.6 Å². The number of carbonyl (C=O) groups excluding carboxylic acids is 2. The molecule has 0 radical (unpaired) electrons. The standard InChI is InChI=1S/C20H25ClFN3O2.ClH/c21-14-5-6-15(16(22)12-14)19(26)24-7-9-25(10-8-24)20(27)18-11-13-3-1-2-4-17(13)23-18;/h5-6,12-13,17-18,23H,1-4,7-11H2;1H. The summed E-state index contributed by atoms with van der Waals surface area (Å²) >= 11 is 5.75. The fourth-order valence-electron chi connectivity index (χ4n) is 4.69. The van der Waals surface area contributed by atoms with Gasteiger partial charge in [-0.2, -0.15) is 0 Å². The second kappa shape index (κ2) is 8.97. The normalized spacial score (nSPS) is 27.1. The Hall–Kier alpha value is -1.37. The van der Waals surface area contributed by atoms with Crippen LogP contribution in [0.3, 0.4) is 0 Å². The summed E-state index contributed by atoms with van der Waals surface area (Å²) in [5.74, 6) is -0.178. The van der Waals surface area contributed by atoms with E-state index in [1.165, 1.54) is 37.8 Å². The van der Waals surface area contributed by atoms with Gasteiger partial charge in [-0.15, -0.1) is 12.4 Å². The lowest BCUT2D eigenvalue weighted by Gasteiger charge is -2.36. The maximum Gasteiger partial charge on any atom is 0.256 e. The van der Waals surface area contributed by atoms with E-state index in [1.807, 2.05) is 4.90 Å². The second-order valence-electron chi connectivity index (χ2n) is 7.85. The summed E-state index contributed by atoms with van der Waals surface area (Å²) in [6, 6.07) is 4.49. The number of rotatable bonds is 2. The van der Waals surface area contributed by atoms with Gasteiger partial charge in [-0.3, -0.25) is 9.59 Å². The van der Waals surface area contributed by atoms with Gasteiger partial charge >= 0.3 is 0 Å². The molecule has 8 heteroatoms. The molecule has 3 fully saturated rings. The molecule has 0 bridgehead atoms. The number of fused-ring (bicyclic) bond motifs is 1. The monoisotopic (exact) mass is 429 g/mol. The first-order valence-corrected chi connectivity index (χ1v) is 10.2. The van der Waals surface area contributed by atoms with E-state index in [0.717, 1.165) is 12.5 Å². The van der Waals surface area contributed by atoms with Gasteiger partial charge in [-0.25, -0.2) is 4.39 Å². The molecule has 5 nitrogen and oxygen atoms in total. The number of nitrogens with one attached hydrogen (secondary N) is 1. The molecule has 28 heavy (non-hydrogen) atoms. The third kappa shape index (κ3) is 4.29. The zero-order valence-electron chi connectivity index (χ0n) is 15.7. The highest BCUT2D eigenvalue weighted by atomic mass is 35.5. The average Bonchev–Trinajstić information content (AvgIpc) is 3.11. The van der Waals surface area contributed by atoms with Crippen molar-refractivity contribution in [2.45, 2.75) is 44.2 Å². The van der Waals surface area contributed by atoms with Crippen LogP contribution in [0.5, 0.6) is 0 Å². The molecule has 1 aromatic rings. The third-order valence-electron chi connectivity index (χ3n) is 6.20. The van der Waals surface area contributed by atoms with Crippen LogP contribution in [-0.2, 0) is 4.79 Å². The number of hydrogen-bond acceptors (Lipinski definition) is 3. The van der Waals surface area contributed by atoms with Gasteiger partial charge in [0.25, 0.3) is 5.91 Å². The Labute approximate surface area is 176 Å². The first-order valence-electron chi connectivity index (χ1n) is 9.82. The quantitative estimate of drug-likeness (QED) is 0.785. The Morgan fingerprint density at radius 1 is 1.07 bits per heavy atom. The highest BCUT2D eigenvalue weighted by Crippen LogP contribution is 2.33. The maximum absolute atomic E-state index is 14.0. The van der Waals surface area contributed by atoms with Crippen molar-refractivity contribution < 1.29 is 14.0 Å². The molecule has 2 saturated heterocycles. The van der Waals surface area contributed by atoms with Crippen molar-refractivity contribution in [2.75, 3.05) is 26.2 Å². The Morgan fingerprint density at radius 2 is 1.75 bits per heavy atom. The van der Waals surface area contributed by atoms with Gasteiger partial charge in [0.1, 0.15) is 5.82 Å². The van der Waals surface area contributed by atoms with Crippen LogP contribution >= 0.6 is 24.0 Å². The van der Waals surface area contributed by atoms with Gasteiger partial charge in [0.15, 0.2) is 0 Å². The highest BCUT2D eigenvalue weighted by molar-refractivity contribution is 6.30. The van der Waals surface area contributed by atoms with Gasteiger partial charge in [-0.05, 0) is 43.4 Å². The lowest BCUT2D eigenvalue weighted by atomic mass is 9.85. The van der Waals surface area contributed by atoms with Crippen molar-refractivity contribution in [2.24, 2.45) is 5.92 Å². The molecule has 3 aliphatic rings. The van der Waals surface area contributed by atoms with Crippen LogP contribution in [0.2, 0.25) is 5.02 Å². The minimum atomic E-state index is -0.608. The molecule has 2 heterocycles. The van der Waals surface area contributed by atoms with Crippen LogP contribution < -0.4 is 5.32 Å². The number of amides is 2. The smallest absolute Gasteiger partial charge is 0.256 e. The topological polar surface area (TPSA) is 52.7 Å². The molecular weight excluding hydrogens is 404 g/mol. The lowest BCUT2D eigenvalue weighted by Crippen LogP contribution is -2.54. The molecule has 1 aromatic carbocycles. The van der Waals surface area contributed by atoms with Crippen LogP contribution in [0, 0.1) is 11.7 Å². The first-order chi connectivity index (χ1) is 13.0. The van der Waals surface area contributed by atoms with Crippen molar-refractivity contribution in [3.8, 4) is 0 Å². The molecule has 0 spiro atoms. The van der Waals surface area contributed by atoms with E-state index < -0.39 is 5.82 Å². The Kier molecular flexibility index (Phi) is 6.84. The number of hydrogen-bond donors (Lipinski definition) is 1. The van der Waals surface area contributed by atoms with Crippen LogP contribution in [0.1, 0.15) is 42.5 Å². The van der Waals surface area contributed by atoms with Gasteiger partial charge in [0.05, 0.1) is 11.6 Å². The number of benzene rings is 1. The van der Waals surface area contributed by atoms with Crippen molar-refractivity contribution in [1.82, 2.24) is 15.1 Å². The van der Waals surface area contributed by atoms with Gasteiger partial charge in [0.2, 0.25) is 5.91 Å². The van der Waals surface area contributed by atoms with Crippen LogP contribution in [0.4, 0.5) is 4.39 Å². The van der Waals surface area contributed by atoms with E-state index in [1.54, 1.807) is 4.90 Å². The molecule has 2 amide bonds. The maximum atomic E-state index is 14.0. The largest absolute Gasteiger partial charge is 0.338 e. The minimum absolute atomic E-state index is 0. The van der Waals surface area contributed by atoms with E-state index in [9.17, 15) is 14.0 Å². The zero-order chi connectivity index (χ0) is 19.0. The lowest BCUT2D eigenvalue weighted by molar-refractivity contribution is -0.134. The fourth-order valence-corrected chi connectivity index (χ4v) is 4.85. The summed E-state index contributed by atoms with van der Waals surface area (Å²) in [7, 11) is 0. The number of halogens is 3. The summed E-state index contributed by atoms with van der Waals surface area (Å²) in [4.78, 5) is 28.9. The van der Waals surface area contributed by atoms with Gasteiger partial charge in [-0.1, -0.05) is 24.4 Å². The highest BCUT2D eigenvalue weighted by Gasteiger charge is 2.40. The molecule has 154 valence electrons. The third-order valence-corrected chi connectivity index (χ3v) is 6.44. The summed E-state index contributed by atoms with van der Waals surface area (Å²) < 4.78 is 14.0. The molecular formula is C20H26Cl2FN3O2. The predicted octanol–water partition coefficient (Wildman–Crippen LogP) is 3.11. The number of nitrogens with zero attached hydrogens (tertiary/aromatic N) is 2. The van der Waals surface area contributed by atoms with E-state index in [-0.39, 0.29) is 40.8 Å². The number of piperazine rings is 1. The predicted molar refractivity (Wildman–Crippen MR) is 108 cm³/mol. The molecule has 3 unspecified atom stereocenters. The van der Waals surface area contributed by atoms with E-state index in [0.29, 0.717) is 38.1 Å². The SMILES string of the molecule is Cl.O=C(c1ccc(Cl)cc1F)N1CCN(C(=O)C2CC3CCCCC3N2)CC1. The first kappa shape index (κ1) is 21.3. The van der Waals surface area contributed by atoms with Crippen molar-refractivity contribution in [3.63, 3.8) is 0 Å². The summed E-state index contributed by atoms with van der Waals surface area (Å²) in [6.45, 7) is 1.83. The van der Waals surface area contributed by atoms with Crippen molar-refractivity contribution in [3.05, 3.63) is 34.6 Å². The molecule has 1 aliphatic carbocycles. The summed E-state index contributed by atoms with van der Waals surface area (Å²) in [6.07, 6.45) is 5.83. The fraction of sp³-hybridized carbons (Fsp3) is 0.600. The van der Waals surface area contributed by atoms with E-state index >= 15 is 0 Å². The Balaban J connectivity index is 0.00000225. The molecule has 1 N–H and O–H groups in total. The molecule has 0 aromatic heterocycles. The van der Waals surface area contributed by atoms with Crippen LogP contribution in [0.15, 0.2) is 18.2 Å². The number of carbonyl (C=O) groups is 2. The zero-order valence-corrected chi connectivity index (χ0v) is 17.3. The van der Waals surface area contributed by atoms with Crippen molar-refractivity contribution in [1.29, 1.82) is 0 Å². The summed E-state index contributed by atoms with van der Waals surface area (Å²) in [5, 5.41) is 3.80. The molecule has 3 atom stereocenters. The van der Waals surface area contributed by atoms with Crippen LogP contribution in [0.25, 0.3) is 0 Å². The summed E-state index contributed by atoms with van der Waals surface area (Å²) in [5.41, 5.74) is 0.0284. The Bertz CT molecular complexity index is 726.